The number of ether oxygens (including phenoxy) is 2. The van der Waals surface area contributed by atoms with E-state index in [1.165, 1.54) is 12.8 Å². The lowest BCUT2D eigenvalue weighted by molar-refractivity contribution is -0.143. The Morgan fingerprint density at radius 3 is 3.00 bits per heavy atom. The van der Waals surface area contributed by atoms with Crippen molar-refractivity contribution in [3.8, 4) is 5.75 Å². The summed E-state index contributed by atoms with van der Waals surface area (Å²) in [5.74, 6) is 0.407. The number of benzene rings is 1. The van der Waals surface area contributed by atoms with Gasteiger partial charge < -0.3 is 19.7 Å². The van der Waals surface area contributed by atoms with E-state index >= 15 is 0 Å². The molecule has 1 aliphatic heterocycles. The molecule has 0 unspecified atom stereocenters. The van der Waals surface area contributed by atoms with Crippen LogP contribution >= 0.6 is 0 Å². The van der Waals surface area contributed by atoms with Gasteiger partial charge in [0.05, 0.1) is 12.3 Å². The van der Waals surface area contributed by atoms with Crippen molar-refractivity contribution < 1.29 is 19.1 Å². The molecule has 0 spiro atoms. The lowest BCUT2D eigenvalue weighted by atomic mass is 10.2. The molecule has 1 N–H and O–H groups in total. The summed E-state index contributed by atoms with van der Waals surface area (Å²) in [4.78, 5) is 25.3. The van der Waals surface area contributed by atoms with Crippen LogP contribution in [0.25, 0.3) is 0 Å². The van der Waals surface area contributed by atoms with E-state index in [0.717, 1.165) is 11.4 Å². The maximum atomic E-state index is 12.2. The summed E-state index contributed by atoms with van der Waals surface area (Å²) in [5, 5.41) is 3.42. The molecule has 0 atom stereocenters. The highest BCUT2D eigenvalue weighted by Gasteiger charge is 2.27. The molecule has 0 saturated heterocycles. The van der Waals surface area contributed by atoms with E-state index in [0.29, 0.717) is 37.8 Å². The highest BCUT2D eigenvalue weighted by Crippen LogP contribution is 2.36. The molecule has 6 heteroatoms. The van der Waals surface area contributed by atoms with Gasteiger partial charge in [-0.1, -0.05) is 0 Å². The Hall–Kier alpha value is -2.24. The standard InChI is InChI=1S/C17H22N2O4/c1-2-22-17(21)4-3-9-19-14-10-13(18-12-5-6-12)7-8-15(14)23-11-16(19)20/h7-8,10,12,18H,2-6,9,11H2,1H3. The van der Waals surface area contributed by atoms with E-state index in [2.05, 4.69) is 5.32 Å². The predicted molar refractivity (Wildman–Crippen MR) is 86.8 cm³/mol. The van der Waals surface area contributed by atoms with Gasteiger partial charge in [-0.25, -0.2) is 0 Å². The lowest BCUT2D eigenvalue weighted by Crippen LogP contribution is -2.39. The van der Waals surface area contributed by atoms with Crippen LogP contribution in [0.5, 0.6) is 5.75 Å². The summed E-state index contributed by atoms with van der Waals surface area (Å²) in [6.45, 7) is 2.70. The Morgan fingerprint density at radius 1 is 1.43 bits per heavy atom. The second kappa shape index (κ2) is 6.89. The predicted octanol–water partition coefficient (Wildman–Crippen LogP) is 2.33. The number of carbonyl (C=O) groups is 2. The number of nitrogens with one attached hydrogen (secondary N) is 1. The molecule has 1 fully saturated rings. The Balaban J connectivity index is 1.67. The average molecular weight is 318 g/mol. The van der Waals surface area contributed by atoms with Crippen LogP contribution in [0.1, 0.15) is 32.6 Å². The van der Waals surface area contributed by atoms with Gasteiger partial charge in [0.2, 0.25) is 0 Å². The normalized spacial score (nSPS) is 16.6. The molecule has 1 amide bonds. The molecule has 0 aromatic heterocycles. The first-order chi connectivity index (χ1) is 11.2. The quantitative estimate of drug-likeness (QED) is 0.782. The Bertz CT molecular complexity index is 598. The van der Waals surface area contributed by atoms with E-state index in [-0.39, 0.29) is 18.5 Å². The molecule has 1 saturated carbocycles. The van der Waals surface area contributed by atoms with Crippen LogP contribution in [0.15, 0.2) is 18.2 Å². The fourth-order valence-electron chi connectivity index (χ4n) is 2.62. The van der Waals surface area contributed by atoms with Crippen LogP contribution in [0.4, 0.5) is 11.4 Å². The molecule has 124 valence electrons. The zero-order valence-electron chi connectivity index (χ0n) is 13.3. The fraction of sp³-hybridized carbons (Fsp3) is 0.529. The molecule has 1 aliphatic carbocycles. The number of rotatable bonds is 7. The third kappa shape index (κ3) is 3.94. The van der Waals surface area contributed by atoms with Gasteiger partial charge in [0, 0.05) is 24.7 Å². The maximum absolute atomic E-state index is 12.2. The number of anilines is 2. The number of nitrogens with zero attached hydrogens (tertiary/aromatic N) is 1. The monoisotopic (exact) mass is 318 g/mol. The van der Waals surface area contributed by atoms with Gasteiger partial charge >= 0.3 is 5.97 Å². The largest absolute Gasteiger partial charge is 0.482 e. The van der Waals surface area contributed by atoms with E-state index in [4.69, 9.17) is 9.47 Å². The molecule has 0 radical (unpaired) electrons. The van der Waals surface area contributed by atoms with Gasteiger partial charge in [0.1, 0.15) is 5.75 Å². The first-order valence-corrected chi connectivity index (χ1v) is 8.16. The number of esters is 1. The smallest absolute Gasteiger partial charge is 0.305 e. The van der Waals surface area contributed by atoms with E-state index in [9.17, 15) is 9.59 Å². The van der Waals surface area contributed by atoms with Crippen molar-refractivity contribution in [2.75, 3.05) is 30.0 Å². The number of fused-ring (bicyclic) bond motifs is 1. The molecule has 23 heavy (non-hydrogen) atoms. The summed E-state index contributed by atoms with van der Waals surface area (Å²) < 4.78 is 10.4. The summed E-state index contributed by atoms with van der Waals surface area (Å²) in [6, 6.07) is 6.37. The van der Waals surface area contributed by atoms with Gasteiger partial charge in [-0.15, -0.1) is 0 Å². The second-order valence-electron chi connectivity index (χ2n) is 5.84. The van der Waals surface area contributed by atoms with Crippen molar-refractivity contribution >= 4 is 23.3 Å². The van der Waals surface area contributed by atoms with E-state index in [1.54, 1.807) is 11.8 Å². The topological polar surface area (TPSA) is 67.9 Å². The van der Waals surface area contributed by atoms with Crippen LogP contribution in [0.3, 0.4) is 0 Å². The molecule has 3 rings (SSSR count). The fourth-order valence-corrected chi connectivity index (χ4v) is 2.62. The highest BCUT2D eigenvalue weighted by atomic mass is 16.5. The minimum atomic E-state index is -0.224. The molecule has 6 nitrogen and oxygen atoms in total. The van der Waals surface area contributed by atoms with Crippen molar-refractivity contribution in [2.45, 2.75) is 38.6 Å². The third-order valence-corrected chi connectivity index (χ3v) is 3.92. The molecule has 1 aromatic carbocycles. The molecular formula is C17H22N2O4. The van der Waals surface area contributed by atoms with Gasteiger partial charge in [0.25, 0.3) is 5.91 Å². The van der Waals surface area contributed by atoms with Crippen molar-refractivity contribution in [1.82, 2.24) is 0 Å². The van der Waals surface area contributed by atoms with Crippen LogP contribution in [0.2, 0.25) is 0 Å². The summed E-state index contributed by atoms with van der Waals surface area (Å²) in [6.07, 6.45) is 3.27. The third-order valence-electron chi connectivity index (χ3n) is 3.92. The van der Waals surface area contributed by atoms with Gasteiger partial charge in [-0.2, -0.15) is 0 Å². The molecule has 1 heterocycles. The Morgan fingerprint density at radius 2 is 2.26 bits per heavy atom. The van der Waals surface area contributed by atoms with Crippen LogP contribution in [-0.4, -0.2) is 37.7 Å². The van der Waals surface area contributed by atoms with Crippen LogP contribution in [-0.2, 0) is 14.3 Å². The first kappa shape index (κ1) is 15.6. The maximum Gasteiger partial charge on any atom is 0.305 e. The first-order valence-electron chi connectivity index (χ1n) is 8.16. The zero-order valence-corrected chi connectivity index (χ0v) is 13.3. The average Bonchev–Trinajstić information content (AvgIpc) is 3.34. The molecule has 0 bridgehead atoms. The Kier molecular flexibility index (Phi) is 4.69. The molecular weight excluding hydrogens is 296 g/mol. The van der Waals surface area contributed by atoms with Crippen molar-refractivity contribution in [1.29, 1.82) is 0 Å². The van der Waals surface area contributed by atoms with Crippen LogP contribution < -0.4 is 15.0 Å². The molecule has 1 aromatic rings. The number of amides is 1. The number of hydrogen-bond donors (Lipinski definition) is 1. The SMILES string of the molecule is CCOC(=O)CCCN1C(=O)COc2ccc(NC3CC3)cc21. The van der Waals surface area contributed by atoms with Crippen LogP contribution in [0, 0.1) is 0 Å². The lowest BCUT2D eigenvalue weighted by Gasteiger charge is -2.30. The van der Waals surface area contributed by atoms with Gasteiger partial charge in [0.15, 0.2) is 6.61 Å². The minimum absolute atomic E-state index is 0.0435. The zero-order chi connectivity index (χ0) is 16.2. The number of carbonyl (C=O) groups excluding carboxylic acids is 2. The minimum Gasteiger partial charge on any atom is -0.482 e. The van der Waals surface area contributed by atoms with E-state index in [1.807, 2.05) is 18.2 Å². The Labute approximate surface area is 135 Å². The number of hydrogen-bond acceptors (Lipinski definition) is 5. The van der Waals surface area contributed by atoms with Gasteiger partial charge in [-0.3, -0.25) is 9.59 Å². The highest BCUT2D eigenvalue weighted by molar-refractivity contribution is 5.98. The summed E-state index contributed by atoms with van der Waals surface area (Å²) in [5.41, 5.74) is 1.77. The molecule has 2 aliphatic rings. The van der Waals surface area contributed by atoms with E-state index < -0.39 is 0 Å². The second-order valence-corrected chi connectivity index (χ2v) is 5.84. The van der Waals surface area contributed by atoms with Gasteiger partial charge in [-0.05, 0) is 44.4 Å². The van der Waals surface area contributed by atoms with Crippen molar-refractivity contribution in [2.24, 2.45) is 0 Å². The van der Waals surface area contributed by atoms with Crippen molar-refractivity contribution in [3.05, 3.63) is 18.2 Å². The van der Waals surface area contributed by atoms with Crippen molar-refractivity contribution in [3.63, 3.8) is 0 Å². The summed E-state index contributed by atoms with van der Waals surface area (Å²) >= 11 is 0. The summed E-state index contributed by atoms with van der Waals surface area (Å²) in [7, 11) is 0.